The van der Waals surface area contributed by atoms with Gasteiger partial charge in [0.25, 0.3) is 0 Å². The highest BCUT2D eigenvalue weighted by Gasteiger charge is 2.34. The van der Waals surface area contributed by atoms with Crippen molar-refractivity contribution in [3.63, 3.8) is 0 Å². The topological polar surface area (TPSA) is 110 Å². The van der Waals surface area contributed by atoms with Crippen LogP contribution >= 0.6 is 0 Å². The number of methoxy groups -OCH3 is 1. The number of amidine groups is 1. The Kier molecular flexibility index (Phi) is 7.22. The molecule has 0 spiro atoms. The third-order valence-electron chi connectivity index (χ3n) is 3.25. The molecule has 0 aromatic heterocycles. The Hall–Kier alpha value is -2.29. The molecule has 9 heteroatoms. The summed E-state index contributed by atoms with van der Waals surface area (Å²) in [6.07, 6.45) is -1.60. The van der Waals surface area contributed by atoms with Crippen LogP contribution in [0.25, 0.3) is 0 Å². The molecule has 0 aliphatic carbocycles. The van der Waals surface area contributed by atoms with Gasteiger partial charge >= 0.3 is 12.1 Å². The van der Waals surface area contributed by atoms with E-state index < -0.39 is 41.8 Å². The Morgan fingerprint density at radius 1 is 1.52 bits per heavy atom. The van der Waals surface area contributed by atoms with Crippen molar-refractivity contribution >= 4 is 24.1 Å². The molecular formula is C16H24FN3O5. The zero-order chi connectivity index (χ0) is 19.2. The van der Waals surface area contributed by atoms with E-state index in [-0.39, 0.29) is 18.5 Å². The molecule has 0 saturated heterocycles. The van der Waals surface area contributed by atoms with Crippen LogP contribution in [-0.4, -0.2) is 66.8 Å². The van der Waals surface area contributed by atoms with Gasteiger partial charge in [-0.05, 0) is 26.3 Å². The maximum absolute atomic E-state index is 14.8. The normalized spacial score (nSPS) is 21.7. The number of hydrogen-bond donors (Lipinski definition) is 2. The molecule has 0 saturated carbocycles. The van der Waals surface area contributed by atoms with E-state index in [0.29, 0.717) is 0 Å². The minimum atomic E-state index is -1.73. The summed E-state index contributed by atoms with van der Waals surface area (Å²) in [7, 11) is 1.38. The van der Waals surface area contributed by atoms with E-state index in [9.17, 15) is 14.0 Å². The lowest BCUT2D eigenvalue weighted by atomic mass is 9.98. The van der Waals surface area contributed by atoms with Crippen molar-refractivity contribution in [1.29, 1.82) is 0 Å². The molecule has 0 aromatic rings. The third-order valence-corrected chi connectivity index (χ3v) is 3.25. The number of amides is 1. The average molecular weight is 357 g/mol. The number of carboxylic acids is 1. The highest BCUT2D eigenvalue weighted by atomic mass is 19.1. The summed E-state index contributed by atoms with van der Waals surface area (Å²) in [6.45, 7) is 8.54. The van der Waals surface area contributed by atoms with E-state index in [4.69, 9.17) is 14.6 Å². The van der Waals surface area contributed by atoms with E-state index >= 15 is 0 Å². The number of halogens is 1. The molecule has 2 N–H and O–H groups in total. The molecule has 8 nitrogen and oxygen atoms in total. The lowest BCUT2D eigenvalue weighted by Gasteiger charge is -2.25. The Morgan fingerprint density at radius 2 is 2.16 bits per heavy atom. The smallest absolute Gasteiger partial charge is 0.407 e. The van der Waals surface area contributed by atoms with Crippen LogP contribution in [0.1, 0.15) is 27.2 Å². The summed E-state index contributed by atoms with van der Waals surface area (Å²) in [5.74, 6) is -1.86. The average Bonchev–Trinajstić information content (AvgIpc) is 2.72. The first-order chi connectivity index (χ1) is 11.5. The van der Waals surface area contributed by atoms with Gasteiger partial charge in [-0.3, -0.25) is 4.99 Å². The minimum absolute atomic E-state index is 0.0216. The summed E-state index contributed by atoms with van der Waals surface area (Å²) in [5.41, 5.74) is -0.658. The van der Waals surface area contributed by atoms with Gasteiger partial charge in [0.2, 0.25) is 5.84 Å². The molecular weight excluding hydrogens is 333 g/mol. The Morgan fingerprint density at radius 3 is 2.68 bits per heavy atom. The van der Waals surface area contributed by atoms with Crippen LogP contribution < -0.4 is 5.32 Å². The summed E-state index contributed by atoms with van der Waals surface area (Å²) in [4.78, 5) is 30.3. The summed E-state index contributed by atoms with van der Waals surface area (Å²) >= 11 is 0. The standard InChI is InChI=1S/C16H24FN3O5/c1-9(8-19-15(23)25-16(2,3)4)11(17)12-10(24-5)6-7-18-13(20-12)14(21)22/h7,10-12H,1,6,8H2,2-5H3,(H,19,23)(H,21,22)/t10?,11?,12-/m0/s1. The molecule has 1 aliphatic heterocycles. The minimum Gasteiger partial charge on any atom is -0.475 e. The van der Waals surface area contributed by atoms with Crippen LogP contribution in [0.15, 0.2) is 22.1 Å². The van der Waals surface area contributed by atoms with E-state index in [0.717, 1.165) is 0 Å². The number of alkyl carbamates (subject to hydrolysis) is 1. The van der Waals surface area contributed by atoms with E-state index in [1.807, 2.05) is 0 Å². The van der Waals surface area contributed by atoms with E-state index in [2.05, 4.69) is 21.9 Å². The van der Waals surface area contributed by atoms with Gasteiger partial charge in [0.05, 0.1) is 6.10 Å². The SMILES string of the molecule is C=C(CNC(=O)OC(C)(C)C)C(F)[C@H]1N=C(C(=O)O)N=CCC1OC. The number of ether oxygens (including phenoxy) is 2. The lowest BCUT2D eigenvalue weighted by molar-refractivity contribution is -0.129. The lowest BCUT2D eigenvalue weighted by Crippen LogP contribution is -2.40. The van der Waals surface area contributed by atoms with Gasteiger partial charge in [-0.25, -0.2) is 19.0 Å². The molecule has 3 atom stereocenters. The molecule has 0 aromatic carbocycles. The number of hydrogen-bond acceptors (Lipinski definition) is 6. The predicted molar refractivity (Wildman–Crippen MR) is 91.0 cm³/mol. The second kappa shape index (κ2) is 8.70. The summed E-state index contributed by atoms with van der Waals surface area (Å²) in [6, 6.07) is -1.13. The van der Waals surface area contributed by atoms with Crippen molar-refractivity contribution in [2.75, 3.05) is 13.7 Å². The fraction of sp³-hybridized carbons (Fsp3) is 0.625. The molecule has 1 heterocycles. The van der Waals surface area contributed by atoms with Crippen molar-refractivity contribution < 1.29 is 28.6 Å². The first-order valence-corrected chi connectivity index (χ1v) is 7.70. The van der Waals surface area contributed by atoms with Crippen molar-refractivity contribution in [1.82, 2.24) is 5.32 Å². The maximum atomic E-state index is 14.8. The largest absolute Gasteiger partial charge is 0.475 e. The quantitative estimate of drug-likeness (QED) is 0.704. The van der Waals surface area contributed by atoms with Gasteiger partial charge in [0.15, 0.2) is 0 Å². The number of nitrogens with zero attached hydrogens (tertiary/aromatic N) is 2. The van der Waals surface area contributed by atoms with Gasteiger partial charge < -0.3 is 19.9 Å². The monoisotopic (exact) mass is 357 g/mol. The second-order valence-corrected chi connectivity index (χ2v) is 6.49. The van der Waals surface area contributed by atoms with Crippen molar-refractivity contribution in [3.8, 4) is 0 Å². The Labute approximate surface area is 145 Å². The van der Waals surface area contributed by atoms with Gasteiger partial charge in [0.1, 0.15) is 17.8 Å². The molecule has 0 bridgehead atoms. The highest BCUT2D eigenvalue weighted by Crippen LogP contribution is 2.21. The molecule has 140 valence electrons. The number of rotatable bonds is 6. The molecule has 1 rings (SSSR count). The number of carbonyl (C=O) groups excluding carboxylic acids is 1. The Bertz CT molecular complexity index is 583. The van der Waals surface area contributed by atoms with Crippen LogP contribution in [0.3, 0.4) is 0 Å². The number of alkyl halides is 1. The molecule has 2 unspecified atom stereocenters. The fourth-order valence-electron chi connectivity index (χ4n) is 2.08. The first kappa shape index (κ1) is 20.8. The van der Waals surface area contributed by atoms with E-state index in [1.165, 1.54) is 13.3 Å². The number of carbonyl (C=O) groups is 2. The van der Waals surface area contributed by atoms with Crippen LogP contribution in [-0.2, 0) is 14.3 Å². The van der Waals surface area contributed by atoms with Gasteiger partial charge in [-0.2, -0.15) is 0 Å². The molecule has 1 amide bonds. The van der Waals surface area contributed by atoms with Crippen LogP contribution in [0.4, 0.5) is 9.18 Å². The highest BCUT2D eigenvalue weighted by molar-refractivity contribution is 6.36. The molecule has 0 fully saturated rings. The van der Waals surface area contributed by atoms with Crippen LogP contribution in [0, 0.1) is 0 Å². The molecule has 1 aliphatic rings. The first-order valence-electron chi connectivity index (χ1n) is 7.70. The van der Waals surface area contributed by atoms with E-state index in [1.54, 1.807) is 20.8 Å². The summed E-state index contributed by atoms with van der Waals surface area (Å²) < 4.78 is 25.0. The zero-order valence-corrected chi connectivity index (χ0v) is 14.8. The van der Waals surface area contributed by atoms with Gasteiger partial charge in [-0.1, -0.05) is 6.58 Å². The molecule has 0 radical (unpaired) electrons. The van der Waals surface area contributed by atoms with Gasteiger partial charge in [0, 0.05) is 26.3 Å². The molecule has 25 heavy (non-hydrogen) atoms. The Balaban J connectivity index is 2.79. The predicted octanol–water partition coefficient (Wildman–Crippen LogP) is 1.75. The number of carboxylic acid groups (broad SMARTS) is 1. The second-order valence-electron chi connectivity index (χ2n) is 6.49. The van der Waals surface area contributed by atoms with Crippen molar-refractivity contribution in [2.45, 2.75) is 51.1 Å². The number of nitrogens with one attached hydrogen (secondary N) is 1. The van der Waals surface area contributed by atoms with Crippen molar-refractivity contribution in [2.24, 2.45) is 9.98 Å². The number of aliphatic carboxylic acids is 1. The van der Waals surface area contributed by atoms with Crippen LogP contribution in [0.2, 0.25) is 0 Å². The maximum Gasteiger partial charge on any atom is 0.407 e. The van der Waals surface area contributed by atoms with Gasteiger partial charge in [-0.15, -0.1) is 0 Å². The third kappa shape index (κ3) is 6.61. The fourth-order valence-corrected chi connectivity index (χ4v) is 2.08. The number of aliphatic imine (C=N–C) groups is 2. The van der Waals surface area contributed by atoms with Crippen molar-refractivity contribution in [3.05, 3.63) is 12.2 Å². The van der Waals surface area contributed by atoms with Crippen LogP contribution in [0.5, 0.6) is 0 Å². The zero-order valence-electron chi connectivity index (χ0n) is 14.8. The summed E-state index contributed by atoms with van der Waals surface area (Å²) in [5, 5.41) is 11.4.